The smallest absolute Gasteiger partial charge is 0.335 e. The highest BCUT2D eigenvalue weighted by molar-refractivity contribution is 6.00. The number of benzene rings is 2. The monoisotopic (exact) mass is 342 g/mol. The van der Waals surface area contributed by atoms with Crippen molar-refractivity contribution >= 4 is 29.3 Å². The van der Waals surface area contributed by atoms with Crippen LogP contribution in [0.3, 0.4) is 0 Å². The van der Waals surface area contributed by atoms with E-state index in [0.717, 1.165) is 5.56 Å². The Bertz CT molecular complexity index is 754. The van der Waals surface area contributed by atoms with Gasteiger partial charge in [-0.3, -0.25) is 4.79 Å². The molecule has 0 aromatic heterocycles. The van der Waals surface area contributed by atoms with Crippen LogP contribution < -0.4 is 10.6 Å². The minimum absolute atomic E-state index is 0.142. The highest BCUT2D eigenvalue weighted by Gasteiger charge is 2.07. The van der Waals surface area contributed by atoms with E-state index in [-0.39, 0.29) is 18.0 Å². The van der Waals surface area contributed by atoms with Crippen LogP contribution in [-0.4, -0.2) is 29.7 Å². The third kappa shape index (κ3) is 5.65. The number of carboxylic acid groups (broad SMARTS) is 1. The van der Waals surface area contributed by atoms with Gasteiger partial charge in [0.1, 0.15) is 0 Å². The fraction of sp³-hybridized carbons (Fsp3) is 0.167. The van der Waals surface area contributed by atoms with Gasteiger partial charge in [-0.1, -0.05) is 12.1 Å². The van der Waals surface area contributed by atoms with Crippen molar-refractivity contribution < 1.29 is 24.2 Å². The topological polar surface area (TPSA) is 105 Å². The van der Waals surface area contributed by atoms with Gasteiger partial charge in [-0.05, 0) is 48.9 Å². The Balaban J connectivity index is 1.89. The Labute approximate surface area is 144 Å². The molecule has 2 aromatic carbocycles. The van der Waals surface area contributed by atoms with E-state index in [2.05, 4.69) is 10.6 Å². The number of carbonyl (C=O) groups is 3. The lowest BCUT2D eigenvalue weighted by Gasteiger charge is -2.09. The number of rotatable bonds is 6. The molecule has 0 saturated carbocycles. The van der Waals surface area contributed by atoms with Crippen molar-refractivity contribution in [2.24, 2.45) is 0 Å². The number of aromatic carboxylic acids is 1. The molecule has 0 aliphatic heterocycles. The highest BCUT2D eigenvalue weighted by Crippen LogP contribution is 2.13. The van der Waals surface area contributed by atoms with Gasteiger partial charge in [-0.25, -0.2) is 9.59 Å². The molecule has 0 aliphatic carbocycles. The fourth-order valence-corrected chi connectivity index (χ4v) is 2.07. The van der Waals surface area contributed by atoms with Crippen molar-refractivity contribution in [2.75, 3.05) is 17.2 Å². The summed E-state index contributed by atoms with van der Waals surface area (Å²) in [5.41, 5.74) is 1.96. The molecule has 0 saturated heterocycles. The summed E-state index contributed by atoms with van der Waals surface area (Å²) in [5, 5.41) is 14.1. The zero-order valence-electron chi connectivity index (χ0n) is 13.6. The second-order valence-electron chi connectivity index (χ2n) is 5.14. The van der Waals surface area contributed by atoms with Crippen LogP contribution in [0.5, 0.6) is 0 Å². The Morgan fingerprint density at radius 3 is 1.92 bits per heavy atom. The zero-order chi connectivity index (χ0) is 18.2. The summed E-state index contributed by atoms with van der Waals surface area (Å²) < 4.78 is 4.87. The van der Waals surface area contributed by atoms with Crippen molar-refractivity contribution in [3.63, 3.8) is 0 Å². The van der Waals surface area contributed by atoms with Gasteiger partial charge < -0.3 is 20.5 Å². The van der Waals surface area contributed by atoms with E-state index in [1.807, 2.05) is 0 Å². The molecule has 7 nitrogen and oxygen atoms in total. The Kier molecular flexibility index (Phi) is 6.11. The normalized spacial score (nSPS) is 9.96. The van der Waals surface area contributed by atoms with Gasteiger partial charge in [-0.15, -0.1) is 0 Å². The summed E-state index contributed by atoms with van der Waals surface area (Å²) in [5.74, 6) is -1.33. The minimum atomic E-state index is -1.03. The predicted octanol–water partition coefficient (Wildman–Crippen LogP) is 3.13. The lowest BCUT2D eigenvalue weighted by molar-refractivity contribution is -0.142. The number of hydrogen-bond acceptors (Lipinski definition) is 4. The number of anilines is 2. The third-order valence-corrected chi connectivity index (χ3v) is 3.26. The minimum Gasteiger partial charge on any atom is -0.478 e. The number of nitrogens with one attached hydrogen (secondary N) is 2. The Morgan fingerprint density at radius 1 is 0.920 bits per heavy atom. The predicted molar refractivity (Wildman–Crippen MR) is 92.8 cm³/mol. The van der Waals surface area contributed by atoms with E-state index in [4.69, 9.17) is 9.84 Å². The number of amides is 2. The van der Waals surface area contributed by atoms with Crippen LogP contribution >= 0.6 is 0 Å². The zero-order valence-corrected chi connectivity index (χ0v) is 13.6. The summed E-state index contributed by atoms with van der Waals surface area (Å²) >= 11 is 0. The van der Waals surface area contributed by atoms with Gasteiger partial charge in [-0.2, -0.15) is 0 Å². The van der Waals surface area contributed by atoms with E-state index in [9.17, 15) is 14.4 Å². The van der Waals surface area contributed by atoms with Gasteiger partial charge in [0.05, 0.1) is 18.6 Å². The molecule has 3 N–H and O–H groups in total. The first-order valence-electron chi connectivity index (χ1n) is 7.64. The molecule has 0 radical (unpaired) electrons. The maximum absolute atomic E-state index is 11.9. The Morgan fingerprint density at radius 2 is 1.44 bits per heavy atom. The summed E-state index contributed by atoms with van der Waals surface area (Å²) in [7, 11) is 0. The van der Waals surface area contributed by atoms with Crippen molar-refractivity contribution in [2.45, 2.75) is 13.3 Å². The molecule has 0 bridgehead atoms. The van der Waals surface area contributed by atoms with Crippen molar-refractivity contribution in [3.05, 3.63) is 59.7 Å². The summed E-state index contributed by atoms with van der Waals surface area (Å²) in [6, 6.07) is 12.2. The second-order valence-corrected chi connectivity index (χ2v) is 5.14. The Hall–Kier alpha value is -3.35. The van der Waals surface area contributed by atoms with Gasteiger partial charge in [0.25, 0.3) is 0 Å². The molecule has 2 rings (SSSR count). The van der Waals surface area contributed by atoms with Gasteiger partial charge in [0.15, 0.2) is 0 Å². The molecule has 7 heteroatoms. The van der Waals surface area contributed by atoms with Gasteiger partial charge in [0, 0.05) is 11.4 Å². The van der Waals surface area contributed by atoms with E-state index in [1.54, 1.807) is 31.2 Å². The number of hydrogen-bond donors (Lipinski definition) is 3. The molecule has 0 unspecified atom stereocenters. The van der Waals surface area contributed by atoms with E-state index in [1.165, 1.54) is 24.3 Å². The first-order valence-corrected chi connectivity index (χ1v) is 7.64. The van der Waals surface area contributed by atoms with Crippen LogP contribution in [-0.2, 0) is 16.0 Å². The van der Waals surface area contributed by atoms with Crippen LogP contribution in [0, 0.1) is 0 Å². The molecule has 2 amide bonds. The van der Waals surface area contributed by atoms with E-state index < -0.39 is 12.0 Å². The first-order chi connectivity index (χ1) is 12.0. The van der Waals surface area contributed by atoms with Crippen LogP contribution in [0.2, 0.25) is 0 Å². The maximum atomic E-state index is 11.9. The molecule has 2 aromatic rings. The number of carbonyl (C=O) groups excluding carboxylic acids is 2. The highest BCUT2D eigenvalue weighted by atomic mass is 16.5. The van der Waals surface area contributed by atoms with Crippen LogP contribution in [0.15, 0.2) is 48.5 Å². The summed E-state index contributed by atoms with van der Waals surface area (Å²) in [4.78, 5) is 34.1. The van der Waals surface area contributed by atoms with Crippen LogP contribution in [0.4, 0.5) is 16.2 Å². The largest absolute Gasteiger partial charge is 0.478 e. The molecule has 0 heterocycles. The molecule has 0 fully saturated rings. The fourth-order valence-electron chi connectivity index (χ4n) is 2.07. The summed E-state index contributed by atoms with van der Waals surface area (Å²) in [6.45, 7) is 2.09. The number of urea groups is 1. The maximum Gasteiger partial charge on any atom is 0.335 e. The molecule has 0 atom stereocenters. The van der Waals surface area contributed by atoms with Gasteiger partial charge >= 0.3 is 18.0 Å². The molecular weight excluding hydrogens is 324 g/mol. The lowest BCUT2D eigenvalue weighted by atomic mass is 10.1. The first kappa shape index (κ1) is 18.0. The van der Waals surface area contributed by atoms with E-state index >= 15 is 0 Å². The third-order valence-electron chi connectivity index (χ3n) is 3.26. The standard InChI is InChI=1S/C18H18N2O5/c1-2-25-16(21)11-12-3-7-14(8-4-12)19-18(24)20-15-9-5-13(6-10-15)17(22)23/h3-10H,2,11H2,1H3,(H,22,23)(H2,19,20,24). The molecule has 0 spiro atoms. The molecule has 25 heavy (non-hydrogen) atoms. The van der Waals surface area contributed by atoms with E-state index in [0.29, 0.717) is 18.0 Å². The number of carboxylic acids is 1. The van der Waals surface area contributed by atoms with Crippen LogP contribution in [0.25, 0.3) is 0 Å². The van der Waals surface area contributed by atoms with Crippen molar-refractivity contribution in [1.29, 1.82) is 0 Å². The molecular formula is C18H18N2O5. The molecule has 0 aliphatic rings. The number of esters is 1. The quantitative estimate of drug-likeness (QED) is 0.700. The summed E-state index contributed by atoms with van der Waals surface area (Å²) in [6.07, 6.45) is 0.177. The second kappa shape index (κ2) is 8.49. The van der Waals surface area contributed by atoms with Crippen molar-refractivity contribution in [1.82, 2.24) is 0 Å². The van der Waals surface area contributed by atoms with Gasteiger partial charge in [0.2, 0.25) is 0 Å². The lowest BCUT2D eigenvalue weighted by Crippen LogP contribution is -2.19. The average Bonchev–Trinajstić information content (AvgIpc) is 2.57. The van der Waals surface area contributed by atoms with Crippen molar-refractivity contribution in [3.8, 4) is 0 Å². The molecule has 130 valence electrons. The van der Waals surface area contributed by atoms with Crippen LogP contribution in [0.1, 0.15) is 22.8 Å². The SMILES string of the molecule is CCOC(=O)Cc1ccc(NC(=O)Nc2ccc(C(=O)O)cc2)cc1. The number of ether oxygens (including phenoxy) is 1. The average molecular weight is 342 g/mol.